The number of thiophene rings is 2. The number of halogens is 2. The standard InChI is InChI=1S/C12H12BrClS2/c1-3-8-4-5-15-12(8)11(14)10-6-9(13)7(2)16-10/h4-6,11H,3H2,1-2H3. The van der Waals surface area contributed by atoms with Crippen LogP contribution in [-0.2, 0) is 6.42 Å². The van der Waals surface area contributed by atoms with E-state index in [1.54, 1.807) is 22.7 Å². The lowest BCUT2D eigenvalue weighted by molar-refractivity contribution is 1.09. The summed E-state index contributed by atoms with van der Waals surface area (Å²) in [5.41, 5.74) is 1.37. The Morgan fingerprint density at radius 2 is 2.25 bits per heavy atom. The number of alkyl halides is 1. The fourth-order valence-electron chi connectivity index (χ4n) is 1.60. The molecule has 0 nitrogen and oxygen atoms in total. The van der Waals surface area contributed by atoms with Crippen molar-refractivity contribution in [3.8, 4) is 0 Å². The van der Waals surface area contributed by atoms with Crippen molar-refractivity contribution < 1.29 is 0 Å². The first-order chi connectivity index (χ1) is 7.63. The van der Waals surface area contributed by atoms with E-state index in [-0.39, 0.29) is 5.38 Å². The molecule has 0 spiro atoms. The lowest BCUT2D eigenvalue weighted by atomic mass is 10.1. The molecule has 0 aliphatic rings. The van der Waals surface area contributed by atoms with Gasteiger partial charge in [0.05, 0.1) is 0 Å². The van der Waals surface area contributed by atoms with Gasteiger partial charge < -0.3 is 0 Å². The van der Waals surface area contributed by atoms with Gasteiger partial charge in [-0.05, 0) is 52.4 Å². The molecule has 0 amide bonds. The van der Waals surface area contributed by atoms with Gasteiger partial charge in [0.1, 0.15) is 5.38 Å². The third kappa shape index (κ3) is 2.37. The van der Waals surface area contributed by atoms with E-state index in [1.165, 1.54) is 20.2 Å². The van der Waals surface area contributed by atoms with Crippen LogP contribution in [0, 0.1) is 6.92 Å². The molecule has 2 rings (SSSR count). The first-order valence-electron chi connectivity index (χ1n) is 5.09. The van der Waals surface area contributed by atoms with Gasteiger partial charge in [0.15, 0.2) is 0 Å². The molecule has 0 N–H and O–H groups in total. The molecule has 0 fully saturated rings. The van der Waals surface area contributed by atoms with Crippen LogP contribution in [0.4, 0.5) is 0 Å². The summed E-state index contributed by atoms with van der Waals surface area (Å²) in [5.74, 6) is 0. The summed E-state index contributed by atoms with van der Waals surface area (Å²) < 4.78 is 1.16. The summed E-state index contributed by atoms with van der Waals surface area (Å²) in [5, 5.41) is 2.13. The fraction of sp³-hybridized carbons (Fsp3) is 0.333. The lowest BCUT2D eigenvalue weighted by Gasteiger charge is -2.07. The summed E-state index contributed by atoms with van der Waals surface area (Å²) in [7, 11) is 0. The smallest absolute Gasteiger partial charge is 0.102 e. The molecule has 2 aromatic heterocycles. The Labute approximate surface area is 117 Å². The van der Waals surface area contributed by atoms with Gasteiger partial charge in [-0.25, -0.2) is 0 Å². The molecule has 0 aliphatic heterocycles. The van der Waals surface area contributed by atoms with Crippen molar-refractivity contribution in [2.75, 3.05) is 0 Å². The van der Waals surface area contributed by atoms with Crippen LogP contribution >= 0.6 is 50.2 Å². The van der Waals surface area contributed by atoms with Gasteiger partial charge in [0.2, 0.25) is 0 Å². The van der Waals surface area contributed by atoms with E-state index < -0.39 is 0 Å². The Bertz CT molecular complexity index is 467. The minimum Gasteiger partial charge on any atom is -0.147 e. The Kier molecular flexibility index (Phi) is 4.11. The van der Waals surface area contributed by atoms with Crippen molar-refractivity contribution in [2.45, 2.75) is 25.6 Å². The topological polar surface area (TPSA) is 0 Å². The SMILES string of the molecule is CCc1ccsc1C(Cl)c1cc(Br)c(C)s1. The van der Waals surface area contributed by atoms with Crippen molar-refractivity contribution in [1.29, 1.82) is 0 Å². The van der Waals surface area contributed by atoms with Crippen LogP contribution in [0.5, 0.6) is 0 Å². The number of rotatable bonds is 3. The maximum Gasteiger partial charge on any atom is 0.102 e. The molecule has 16 heavy (non-hydrogen) atoms. The van der Waals surface area contributed by atoms with E-state index in [1.807, 2.05) is 0 Å². The van der Waals surface area contributed by atoms with Crippen LogP contribution in [-0.4, -0.2) is 0 Å². The Morgan fingerprint density at radius 3 is 2.81 bits per heavy atom. The third-order valence-electron chi connectivity index (χ3n) is 2.52. The Morgan fingerprint density at radius 1 is 1.50 bits per heavy atom. The molecule has 2 heterocycles. The predicted molar refractivity (Wildman–Crippen MR) is 78.1 cm³/mol. The normalized spacial score (nSPS) is 13.0. The monoisotopic (exact) mass is 334 g/mol. The maximum atomic E-state index is 6.54. The molecule has 0 aliphatic carbocycles. The molecule has 0 bridgehead atoms. The molecule has 0 saturated carbocycles. The van der Waals surface area contributed by atoms with Gasteiger partial charge in [-0.15, -0.1) is 34.3 Å². The zero-order valence-corrected chi connectivity index (χ0v) is 13.1. The van der Waals surface area contributed by atoms with E-state index in [9.17, 15) is 0 Å². The molecule has 2 aromatic rings. The molecule has 0 saturated heterocycles. The lowest BCUT2D eigenvalue weighted by Crippen LogP contribution is -1.90. The van der Waals surface area contributed by atoms with E-state index in [2.05, 4.69) is 47.3 Å². The van der Waals surface area contributed by atoms with E-state index in [4.69, 9.17) is 11.6 Å². The highest BCUT2D eigenvalue weighted by Gasteiger charge is 2.18. The van der Waals surface area contributed by atoms with Crippen LogP contribution in [0.1, 0.15) is 32.5 Å². The Balaban J connectivity index is 2.35. The highest BCUT2D eigenvalue weighted by molar-refractivity contribution is 9.10. The Hall–Kier alpha value is 0.170. The van der Waals surface area contributed by atoms with E-state index >= 15 is 0 Å². The largest absolute Gasteiger partial charge is 0.147 e. The summed E-state index contributed by atoms with van der Waals surface area (Å²) >= 11 is 13.6. The second-order valence-electron chi connectivity index (χ2n) is 3.58. The first-order valence-corrected chi connectivity index (χ1v) is 8.02. The highest BCUT2D eigenvalue weighted by Crippen LogP contribution is 2.40. The van der Waals surface area contributed by atoms with Crippen molar-refractivity contribution >= 4 is 50.2 Å². The van der Waals surface area contributed by atoms with Gasteiger partial charge in [0, 0.05) is 19.1 Å². The zero-order valence-electron chi connectivity index (χ0n) is 9.09. The third-order valence-corrected chi connectivity index (χ3v) is 6.46. The molecule has 1 unspecified atom stereocenters. The van der Waals surface area contributed by atoms with Crippen LogP contribution in [0.15, 0.2) is 22.0 Å². The second kappa shape index (κ2) is 5.21. The molecule has 1 atom stereocenters. The molecule has 4 heteroatoms. The quantitative estimate of drug-likeness (QED) is 0.624. The number of hydrogen-bond donors (Lipinski definition) is 0. The second-order valence-corrected chi connectivity index (χ2v) is 7.11. The average Bonchev–Trinajstić information content (AvgIpc) is 2.85. The predicted octanol–water partition coefficient (Wildman–Crippen LogP) is 5.77. The molecule has 0 aromatic carbocycles. The van der Waals surface area contributed by atoms with Gasteiger partial charge in [-0.1, -0.05) is 6.92 Å². The van der Waals surface area contributed by atoms with Crippen LogP contribution < -0.4 is 0 Å². The highest BCUT2D eigenvalue weighted by atomic mass is 79.9. The minimum absolute atomic E-state index is 0.00458. The van der Waals surface area contributed by atoms with Crippen molar-refractivity contribution in [1.82, 2.24) is 0 Å². The maximum absolute atomic E-state index is 6.54. The molecule has 0 radical (unpaired) electrons. The zero-order chi connectivity index (χ0) is 11.7. The summed E-state index contributed by atoms with van der Waals surface area (Å²) in [6, 6.07) is 4.31. The van der Waals surface area contributed by atoms with E-state index in [0.717, 1.165) is 10.9 Å². The van der Waals surface area contributed by atoms with Crippen LogP contribution in [0.3, 0.4) is 0 Å². The summed E-state index contributed by atoms with van der Waals surface area (Å²) in [4.78, 5) is 3.80. The van der Waals surface area contributed by atoms with Gasteiger partial charge >= 0.3 is 0 Å². The first kappa shape index (κ1) is 12.6. The van der Waals surface area contributed by atoms with Gasteiger partial charge in [0.25, 0.3) is 0 Å². The summed E-state index contributed by atoms with van der Waals surface area (Å²) in [6.07, 6.45) is 1.05. The van der Waals surface area contributed by atoms with Gasteiger partial charge in [-0.3, -0.25) is 0 Å². The van der Waals surface area contributed by atoms with Crippen molar-refractivity contribution in [3.05, 3.63) is 42.2 Å². The molecular formula is C12H12BrClS2. The number of aryl methyl sites for hydroxylation is 2. The van der Waals surface area contributed by atoms with Crippen LogP contribution in [0.2, 0.25) is 0 Å². The van der Waals surface area contributed by atoms with Crippen molar-refractivity contribution in [2.24, 2.45) is 0 Å². The molecular weight excluding hydrogens is 324 g/mol. The molecule has 86 valence electrons. The van der Waals surface area contributed by atoms with Crippen molar-refractivity contribution in [3.63, 3.8) is 0 Å². The minimum atomic E-state index is 0.00458. The van der Waals surface area contributed by atoms with Crippen LogP contribution in [0.25, 0.3) is 0 Å². The van der Waals surface area contributed by atoms with E-state index in [0.29, 0.717) is 0 Å². The van der Waals surface area contributed by atoms with Gasteiger partial charge in [-0.2, -0.15) is 0 Å². The fourth-order valence-corrected chi connectivity index (χ4v) is 4.70. The number of hydrogen-bond acceptors (Lipinski definition) is 2. The summed E-state index contributed by atoms with van der Waals surface area (Å²) in [6.45, 7) is 4.28. The average molecular weight is 336 g/mol.